The van der Waals surface area contributed by atoms with Crippen LogP contribution in [0.3, 0.4) is 0 Å². The SMILES string of the molecule is Cc1ccc(C(=O)NNC(=O)N(C)[C@@H](C)c2cc3ccccc3o2)cc1. The van der Waals surface area contributed by atoms with E-state index in [0.29, 0.717) is 11.3 Å². The first-order valence-corrected chi connectivity index (χ1v) is 8.34. The number of para-hydroxylation sites is 1. The van der Waals surface area contributed by atoms with E-state index in [1.807, 2.05) is 56.3 Å². The minimum Gasteiger partial charge on any atom is -0.459 e. The van der Waals surface area contributed by atoms with Crippen LogP contribution in [0.2, 0.25) is 0 Å². The molecule has 0 radical (unpaired) electrons. The Morgan fingerprint density at radius 3 is 2.42 bits per heavy atom. The first-order valence-electron chi connectivity index (χ1n) is 8.34. The van der Waals surface area contributed by atoms with Gasteiger partial charge in [0, 0.05) is 18.0 Å². The number of nitrogens with one attached hydrogen (secondary N) is 2. The molecule has 134 valence electrons. The van der Waals surface area contributed by atoms with E-state index in [2.05, 4.69) is 10.9 Å². The molecule has 0 aliphatic rings. The lowest BCUT2D eigenvalue weighted by Gasteiger charge is -2.23. The number of amides is 3. The van der Waals surface area contributed by atoms with Gasteiger partial charge < -0.3 is 9.32 Å². The van der Waals surface area contributed by atoms with E-state index in [9.17, 15) is 9.59 Å². The number of aryl methyl sites for hydroxylation is 1. The van der Waals surface area contributed by atoms with E-state index in [1.54, 1.807) is 19.2 Å². The third-order valence-corrected chi connectivity index (χ3v) is 4.35. The van der Waals surface area contributed by atoms with Crippen LogP contribution in [0.5, 0.6) is 0 Å². The highest BCUT2D eigenvalue weighted by atomic mass is 16.3. The summed E-state index contributed by atoms with van der Waals surface area (Å²) in [4.78, 5) is 25.9. The Kier molecular flexibility index (Phi) is 4.93. The lowest BCUT2D eigenvalue weighted by molar-refractivity contribution is 0.0928. The molecule has 3 aromatic rings. The fraction of sp³-hybridized carbons (Fsp3) is 0.200. The first kappa shape index (κ1) is 17.5. The number of benzene rings is 2. The van der Waals surface area contributed by atoms with Gasteiger partial charge in [0.15, 0.2) is 0 Å². The molecular formula is C20H21N3O3. The van der Waals surface area contributed by atoms with Crippen LogP contribution in [0, 0.1) is 6.92 Å². The van der Waals surface area contributed by atoms with Crippen LogP contribution >= 0.6 is 0 Å². The Balaban J connectivity index is 1.61. The molecule has 0 aliphatic carbocycles. The average Bonchev–Trinajstić information content (AvgIpc) is 3.09. The second-order valence-electron chi connectivity index (χ2n) is 6.22. The molecule has 6 nitrogen and oxygen atoms in total. The van der Waals surface area contributed by atoms with Crippen LogP contribution in [0.15, 0.2) is 59.0 Å². The lowest BCUT2D eigenvalue weighted by Crippen LogP contribution is -2.48. The molecule has 0 fully saturated rings. The monoisotopic (exact) mass is 351 g/mol. The van der Waals surface area contributed by atoms with Crippen LogP contribution in [-0.4, -0.2) is 23.9 Å². The van der Waals surface area contributed by atoms with Gasteiger partial charge in [-0.25, -0.2) is 10.2 Å². The molecule has 2 aromatic carbocycles. The fourth-order valence-corrected chi connectivity index (χ4v) is 2.55. The van der Waals surface area contributed by atoms with Gasteiger partial charge in [0.1, 0.15) is 11.3 Å². The van der Waals surface area contributed by atoms with E-state index in [4.69, 9.17) is 4.42 Å². The maximum atomic E-state index is 12.3. The number of fused-ring (bicyclic) bond motifs is 1. The summed E-state index contributed by atoms with van der Waals surface area (Å²) in [5, 5.41) is 0.982. The number of hydrogen-bond donors (Lipinski definition) is 2. The van der Waals surface area contributed by atoms with Gasteiger partial charge in [-0.05, 0) is 38.1 Å². The van der Waals surface area contributed by atoms with E-state index in [1.165, 1.54) is 4.90 Å². The van der Waals surface area contributed by atoms with Gasteiger partial charge in [0.2, 0.25) is 0 Å². The third kappa shape index (κ3) is 3.69. The van der Waals surface area contributed by atoms with Gasteiger partial charge in [-0.2, -0.15) is 0 Å². The number of rotatable bonds is 3. The van der Waals surface area contributed by atoms with E-state index < -0.39 is 6.03 Å². The minimum absolute atomic E-state index is 0.293. The number of hydrazine groups is 1. The summed E-state index contributed by atoms with van der Waals surface area (Å²) in [6, 6.07) is 15.9. The number of urea groups is 1. The summed E-state index contributed by atoms with van der Waals surface area (Å²) in [5.74, 6) is 0.303. The molecule has 0 aliphatic heterocycles. The number of nitrogens with zero attached hydrogens (tertiary/aromatic N) is 1. The second kappa shape index (κ2) is 7.31. The molecule has 0 spiro atoms. The van der Waals surface area contributed by atoms with Crippen molar-refractivity contribution in [3.63, 3.8) is 0 Å². The Labute approximate surface area is 151 Å². The molecule has 2 N–H and O–H groups in total. The van der Waals surface area contributed by atoms with Crippen molar-refractivity contribution in [1.82, 2.24) is 15.8 Å². The number of carbonyl (C=O) groups excluding carboxylic acids is 2. The molecule has 3 rings (SSSR count). The van der Waals surface area contributed by atoms with Gasteiger partial charge in [-0.3, -0.25) is 10.2 Å². The van der Waals surface area contributed by atoms with Gasteiger partial charge in [-0.1, -0.05) is 35.9 Å². The zero-order valence-electron chi connectivity index (χ0n) is 14.9. The summed E-state index contributed by atoms with van der Waals surface area (Å²) in [7, 11) is 1.64. The second-order valence-corrected chi connectivity index (χ2v) is 6.22. The lowest BCUT2D eigenvalue weighted by atomic mass is 10.1. The number of hydrogen-bond acceptors (Lipinski definition) is 3. The Morgan fingerprint density at radius 1 is 1.04 bits per heavy atom. The molecule has 6 heteroatoms. The molecule has 0 bridgehead atoms. The van der Waals surface area contributed by atoms with Crippen molar-refractivity contribution in [2.75, 3.05) is 7.05 Å². The fourth-order valence-electron chi connectivity index (χ4n) is 2.55. The molecule has 0 saturated carbocycles. The van der Waals surface area contributed by atoms with Crippen molar-refractivity contribution in [3.8, 4) is 0 Å². The van der Waals surface area contributed by atoms with E-state index in [0.717, 1.165) is 16.5 Å². The predicted octanol–water partition coefficient (Wildman–Crippen LogP) is 3.79. The summed E-state index contributed by atoms with van der Waals surface area (Å²) < 4.78 is 5.80. The quantitative estimate of drug-likeness (QED) is 0.705. The van der Waals surface area contributed by atoms with Gasteiger partial charge in [-0.15, -0.1) is 0 Å². The maximum absolute atomic E-state index is 12.3. The molecule has 0 unspecified atom stereocenters. The van der Waals surface area contributed by atoms with Gasteiger partial charge in [0.25, 0.3) is 5.91 Å². The Hall–Kier alpha value is -3.28. The highest BCUT2D eigenvalue weighted by Gasteiger charge is 2.21. The smallest absolute Gasteiger partial charge is 0.336 e. The zero-order valence-corrected chi connectivity index (χ0v) is 14.9. The molecule has 1 atom stereocenters. The van der Waals surface area contributed by atoms with Crippen LogP contribution in [0.25, 0.3) is 11.0 Å². The topological polar surface area (TPSA) is 74.6 Å². The van der Waals surface area contributed by atoms with Crippen LogP contribution < -0.4 is 10.9 Å². The summed E-state index contributed by atoms with van der Waals surface area (Å²) >= 11 is 0. The molecule has 3 amide bonds. The summed E-state index contributed by atoms with van der Waals surface area (Å²) in [6.45, 7) is 3.80. The van der Waals surface area contributed by atoms with Crippen molar-refractivity contribution < 1.29 is 14.0 Å². The van der Waals surface area contributed by atoms with Crippen molar-refractivity contribution in [2.45, 2.75) is 19.9 Å². The van der Waals surface area contributed by atoms with E-state index >= 15 is 0 Å². The third-order valence-electron chi connectivity index (χ3n) is 4.35. The van der Waals surface area contributed by atoms with Crippen LogP contribution in [0.4, 0.5) is 4.79 Å². The average molecular weight is 351 g/mol. The highest BCUT2D eigenvalue weighted by molar-refractivity contribution is 5.95. The number of carbonyl (C=O) groups is 2. The summed E-state index contributed by atoms with van der Waals surface area (Å²) in [6.07, 6.45) is 0. The first-order chi connectivity index (χ1) is 12.5. The van der Waals surface area contributed by atoms with Gasteiger partial charge >= 0.3 is 6.03 Å². The van der Waals surface area contributed by atoms with Crippen molar-refractivity contribution in [2.24, 2.45) is 0 Å². The van der Waals surface area contributed by atoms with Crippen LogP contribution in [-0.2, 0) is 0 Å². The minimum atomic E-state index is -0.432. The van der Waals surface area contributed by atoms with Gasteiger partial charge in [0.05, 0.1) is 6.04 Å². The Morgan fingerprint density at radius 2 is 1.73 bits per heavy atom. The highest BCUT2D eigenvalue weighted by Crippen LogP contribution is 2.26. The van der Waals surface area contributed by atoms with E-state index in [-0.39, 0.29) is 11.9 Å². The molecule has 1 aromatic heterocycles. The van der Waals surface area contributed by atoms with Crippen molar-refractivity contribution in [1.29, 1.82) is 0 Å². The molecule has 0 saturated heterocycles. The largest absolute Gasteiger partial charge is 0.459 e. The normalized spacial score (nSPS) is 11.8. The number of furan rings is 1. The molecular weight excluding hydrogens is 330 g/mol. The summed E-state index contributed by atoms with van der Waals surface area (Å²) in [5.41, 5.74) is 7.16. The standard InChI is InChI=1S/C20H21N3O3/c1-13-8-10-15(11-9-13)19(24)21-22-20(25)23(3)14(2)18-12-16-6-4-5-7-17(16)26-18/h4-12,14H,1-3H3,(H,21,24)(H,22,25)/t14-/m0/s1. The maximum Gasteiger partial charge on any atom is 0.336 e. The van der Waals surface area contributed by atoms with Crippen LogP contribution in [0.1, 0.15) is 34.6 Å². The molecule has 1 heterocycles. The van der Waals surface area contributed by atoms with Crippen molar-refractivity contribution in [3.05, 3.63) is 71.5 Å². The Bertz CT molecular complexity index is 898. The predicted molar refractivity (Wildman–Crippen MR) is 99.6 cm³/mol. The molecule has 26 heavy (non-hydrogen) atoms. The van der Waals surface area contributed by atoms with Crippen molar-refractivity contribution >= 4 is 22.9 Å². The zero-order chi connectivity index (χ0) is 18.7.